The summed E-state index contributed by atoms with van der Waals surface area (Å²) in [6.07, 6.45) is 24.6. The highest BCUT2D eigenvalue weighted by Crippen LogP contribution is 2.44. The summed E-state index contributed by atoms with van der Waals surface area (Å²) in [6.45, 7) is 29.4. The third-order valence-electron chi connectivity index (χ3n) is 20.6. The van der Waals surface area contributed by atoms with E-state index in [4.69, 9.17) is 38.9 Å². The smallest absolute Gasteiger partial charge is 0.123 e. The topological polar surface area (TPSA) is 141 Å². The minimum atomic E-state index is -0.165. The largest absolute Gasteiger partial charge is 0.493 e. The Morgan fingerprint density at radius 1 is 0.295 bits per heavy atom. The molecule has 3 N–H and O–H groups in total. The van der Waals surface area contributed by atoms with Crippen molar-refractivity contribution in [3.05, 3.63) is 213 Å². The van der Waals surface area contributed by atoms with Crippen LogP contribution >= 0.6 is 0 Å². The van der Waals surface area contributed by atoms with Crippen molar-refractivity contribution in [1.82, 2.24) is 39.5 Å². The lowest BCUT2D eigenvalue weighted by Gasteiger charge is -2.24. The van der Waals surface area contributed by atoms with Crippen molar-refractivity contribution in [2.75, 3.05) is 26.4 Å². The summed E-state index contributed by atoms with van der Waals surface area (Å²) in [6, 6.07) is 52.6. The van der Waals surface area contributed by atoms with E-state index in [-0.39, 0.29) is 21.7 Å². The Hall–Kier alpha value is -10.7. The summed E-state index contributed by atoms with van der Waals surface area (Å²) < 4.78 is 29.9. The third kappa shape index (κ3) is 15.0. The van der Waals surface area contributed by atoms with Crippen LogP contribution in [0.25, 0.3) is 137 Å². The van der Waals surface area contributed by atoms with Crippen LogP contribution in [0.5, 0.6) is 23.0 Å². The van der Waals surface area contributed by atoms with Crippen molar-refractivity contribution in [2.45, 2.75) is 156 Å². The fourth-order valence-electron chi connectivity index (χ4n) is 15.1. The standard InChI is InChI=1S/C93H98N8O4/c1-90(2,3)70-34-22-58-50-82(70)102-46-18-14-15-19-48-104-84-52-60(24-36-72(84)92(7,8)9)88-78-42-30-66(98-78)56-67-31-44-80(99-67)89(81-45-33-69(101(81)13)57-68-32-43-79(88)100-68)61-25-37-73(93(10,11)12)85(53-61)105-49-21-17-16-20-47-103-83-51-59(23-35-71(83)91(4,5)6)87-76-40-28-64(96-76)54-62-26-38-74(94-62)86(58)75-39-27-63(95-75)55-65-29-41-77(87)97-65/h22-45,50-57,94,97-98H,14-21,46-49H2,1-13H3. The fraction of sp³-hybridized carbons (Fsp3) is 0.312. The zero-order valence-corrected chi connectivity index (χ0v) is 63.3. The van der Waals surface area contributed by atoms with Gasteiger partial charge < -0.3 is 38.5 Å². The monoisotopic (exact) mass is 1390 g/mol. The first-order chi connectivity index (χ1) is 50.4. The molecule has 4 aromatic carbocycles. The number of rotatable bonds is 0. The molecule has 0 saturated carbocycles. The Kier molecular flexibility index (Phi) is 18.9. The van der Waals surface area contributed by atoms with Gasteiger partial charge in [-0.3, -0.25) is 0 Å². The van der Waals surface area contributed by atoms with Gasteiger partial charge in [0.15, 0.2) is 0 Å². The summed E-state index contributed by atoms with van der Waals surface area (Å²) >= 11 is 0. The van der Waals surface area contributed by atoms with Crippen LogP contribution in [0, 0.1) is 0 Å². The van der Waals surface area contributed by atoms with Crippen LogP contribution in [0.3, 0.4) is 0 Å². The number of aryl methyl sites for hydroxylation is 1. The Bertz CT molecular complexity index is 5520. The second-order valence-corrected chi connectivity index (χ2v) is 32.8. The van der Waals surface area contributed by atoms with E-state index in [2.05, 4.69) is 304 Å². The maximum atomic E-state index is 6.93. The average Bonchev–Trinajstić information content (AvgIpc) is 1.70. The van der Waals surface area contributed by atoms with Gasteiger partial charge in [-0.05, 0) is 263 Å². The third-order valence-corrected chi connectivity index (χ3v) is 20.6. The Labute approximate surface area is 618 Å². The zero-order chi connectivity index (χ0) is 72.9. The maximum Gasteiger partial charge on any atom is 0.123 e. The first-order valence-corrected chi connectivity index (χ1v) is 37.7. The minimum absolute atomic E-state index is 0.164. The summed E-state index contributed by atoms with van der Waals surface area (Å²) in [5, 5.41) is 0. The van der Waals surface area contributed by atoms with E-state index in [0.717, 1.165) is 231 Å². The molecule has 0 spiro atoms. The van der Waals surface area contributed by atoms with Crippen LogP contribution in [0.2, 0.25) is 0 Å². The Morgan fingerprint density at radius 2 is 0.581 bits per heavy atom. The predicted octanol–water partition coefficient (Wildman–Crippen LogP) is 23.8. The van der Waals surface area contributed by atoms with Gasteiger partial charge in [0.05, 0.1) is 77.5 Å². The molecule has 0 fully saturated rings. The van der Waals surface area contributed by atoms with E-state index < -0.39 is 0 Å². The maximum absolute atomic E-state index is 6.93. The van der Waals surface area contributed by atoms with Crippen molar-refractivity contribution in [3.63, 3.8) is 0 Å². The van der Waals surface area contributed by atoms with Gasteiger partial charge in [-0.15, -0.1) is 0 Å². The summed E-state index contributed by atoms with van der Waals surface area (Å²) in [4.78, 5) is 32.9. The molecule has 8 aliphatic rings. The van der Waals surface area contributed by atoms with Gasteiger partial charge in [0, 0.05) is 67.9 Å². The molecule has 0 aliphatic carbocycles. The van der Waals surface area contributed by atoms with Gasteiger partial charge in [-0.1, -0.05) is 132 Å². The van der Waals surface area contributed by atoms with Crippen LogP contribution in [0.1, 0.15) is 202 Å². The number of benzene rings is 4. The molecule has 0 amide bonds. The van der Waals surface area contributed by atoms with Crippen LogP contribution in [-0.4, -0.2) is 65.9 Å². The minimum Gasteiger partial charge on any atom is -0.493 e. The number of aromatic nitrogens is 8. The highest BCUT2D eigenvalue weighted by atomic mass is 16.5. The molecule has 105 heavy (non-hydrogen) atoms. The molecule has 12 heteroatoms. The normalized spacial score (nSPS) is 14.8. The lowest BCUT2D eigenvalue weighted by Crippen LogP contribution is -2.14. The number of hydrogen-bond donors (Lipinski definition) is 3. The van der Waals surface area contributed by atoms with Crippen molar-refractivity contribution in [3.8, 4) is 67.5 Å². The number of nitrogens with one attached hydrogen (secondary N) is 3. The molecule has 0 atom stereocenters. The number of hydrogen-bond acceptors (Lipinski definition) is 8. The molecule has 18 rings (SSSR count). The lowest BCUT2D eigenvalue weighted by molar-refractivity contribution is 0.281. The second-order valence-electron chi connectivity index (χ2n) is 32.8. The van der Waals surface area contributed by atoms with Crippen molar-refractivity contribution < 1.29 is 18.9 Å². The van der Waals surface area contributed by atoms with E-state index in [0.29, 0.717) is 26.4 Å². The highest BCUT2D eigenvalue weighted by molar-refractivity contribution is 5.96. The van der Waals surface area contributed by atoms with E-state index in [1.807, 2.05) is 0 Å². The van der Waals surface area contributed by atoms with E-state index >= 15 is 0 Å². The zero-order valence-electron chi connectivity index (χ0n) is 63.3. The van der Waals surface area contributed by atoms with Gasteiger partial charge in [0.2, 0.25) is 0 Å². The van der Waals surface area contributed by atoms with E-state index in [1.165, 1.54) is 0 Å². The number of aromatic amines is 3. The van der Waals surface area contributed by atoms with Crippen molar-refractivity contribution in [1.29, 1.82) is 0 Å². The molecule has 0 unspecified atom stereocenters. The van der Waals surface area contributed by atoms with Crippen LogP contribution in [0.4, 0.5) is 0 Å². The summed E-state index contributed by atoms with van der Waals surface area (Å²) in [7, 11) is 2.14. The Balaban J connectivity index is 0.806. The predicted molar refractivity (Wildman–Crippen MR) is 438 cm³/mol. The van der Waals surface area contributed by atoms with Crippen LogP contribution in [-0.2, 0) is 28.7 Å². The quantitative estimate of drug-likeness (QED) is 0.136. The number of ether oxygens (including phenoxy) is 4. The molecule has 0 saturated heterocycles. The van der Waals surface area contributed by atoms with Gasteiger partial charge in [-0.25, -0.2) is 19.9 Å². The molecular formula is C93H98N8O4. The van der Waals surface area contributed by atoms with Gasteiger partial charge >= 0.3 is 0 Å². The molecule has 12 nitrogen and oxygen atoms in total. The molecule has 6 aromatic heterocycles. The number of H-pyrrole nitrogens is 3. The molecule has 534 valence electrons. The van der Waals surface area contributed by atoms with Gasteiger partial charge in [0.1, 0.15) is 23.0 Å². The van der Waals surface area contributed by atoms with Crippen molar-refractivity contribution >= 4 is 92.7 Å². The molecule has 10 aromatic rings. The summed E-state index contributed by atoms with van der Waals surface area (Å²) in [5.74, 6) is 3.55. The molecule has 0 radical (unpaired) electrons. The van der Waals surface area contributed by atoms with Crippen LogP contribution < -0.4 is 18.9 Å². The SMILES string of the molecule is Cn1c2ccc1c1c3nc(cc4ccc([nH]4)c(c4nc(c2)C=C4)-c2ccc(C(C)(C)C)c(c2)OCCCCCCOc2cc(ccc2C(C)(C)C)-c2c4nc(cc5ccc([nH]5)c(c5nc(cc6ccc2[nH]6)C=C5)-c2ccc(C(C)(C)C)c(c2)OCCCCCCOc2cc-1ccc2C(C)(C)C)C=C4)C=C3. The lowest BCUT2D eigenvalue weighted by atomic mass is 9.85. The second kappa shape index (κ2) is 28.4. The van der Waals surface area contributed by atoms with Crippen molar-refractivity contribution in [2.24, 2.45) is 7.05 Å². The van der Waals surface area contributed by atoms with Gasteiger partial charge in [0.25, 0.3) is 0 Å². The first kappa shape index (κ1) is 70.0. The van der Waals surface area contributed by atoms with E-state index in [1.54, 1.807) is 0 Å². The fourth-order valence-corrected chi connectivity index (χ4v) is 15.1. The molecule has 28 bridgehead atoms. The van der Waals surface area contributed by atoms with Gasteiger partial charge in [-0.2, -0.15) is 0 Å². The molecule has 8 aliphatic heterocycles. The molecular weight excluding hydrogens is 1290 g/mol. The molecule has 14 heterocycles. The van der Waals surface area contributed by atoms with E-state index in [9.17, 15) is 0 Å². The Morgan fingerprint density at radius 3 is 0.886 bits per heavy atom. The summed E-state index contributed by atoms with van der Waals surface area (Å²) in [5.41, 5.74) is 26.7. The number of nitrogens with zero attached hydrogens (tertiary/aromatic N) is 5. The highest BCUT2D eigenvalue weighted by Gasteiger charge is 2.27. The van der Waals surface area contributed by atoms with Crippen LogP contribution in [0.15, 0.2) is 146 Å². The first-order valence-electron chi connectivity index (χ1n) is 37.7. The average molecular weight is 1390 g/mol.